The van der Waals surface area contributed by atoms with E-state index in [2.05, 4.69) is 20.8 Å². The molecule has 0 aromatic rings. The van der Waals surface area contributed by atoms with E-state index in [1.807, 2.05) is 0 Å². The zero-order valence-corrected chi connectivity index (χ0v) is 12.4. The number of hydrogen-bond donors (Lipinski definition) is 0. The molecule has 0 amide bonds. The molecule has 1 aliphatic heterocycles. The van der Waals surface area contributed by atoms with Crippen LogP contribution in [0, 0.1) is 0 Å². The zero-order chi connectivity index (χ0) is 11.1. The Morgan fingerprint density at radius 1 is 1.07 bits per heavy atom. The molecule has 1 rings (SSSR count). The molecule has 0 aromatic heterocycles. The van der Waals surface area contributed by atoms with E-state index in [-0.39, 0.29) is 0 Å². The first-order valence-electron chi connectivity index (χ1n) is 6.51. The fourth-order valence-electron chi connectivity index (χ4n) is 2.10. The van der Waals surface area contributed by atoms with Gasteiger partial charge in [-0.25, -0.2) is 0 Å². The second kappa shape index (κ2) is 7.52. The summed E-state index contributed by atoms with van der Waals surface area (Å²) in [4.78, 5) is 1.07. The molecule has 0 saturated carbocycles. The maximum atomic E-state index is 2.34. The Bertz CT molecular complexity index is 205. The summed E-state index contributed by atoms with van der Waals surface area (Å²) in [5.41, 5.74) is 3.39. The molecule has 1 aliphatic rings. The van der Waals surface area contributed by atoms with Gasteiger partial charge in [-0.2, -0.15) is 0 Å². The molecule has 88 valence electrons. The summed E-state index contributed by atoms with van der Waals surface area (Å²) in [5.74, 6) is 0. The Kier molecular flexibility index (Phi) is 6.68. The summed E-state index contributed by atoms with van der Waals surface area (Å²) in [6.07, 6.45) is 10.2. The predicted octanol–water partition coefficient (Wildman–Crippen LogP) is 5.00. The summed E-state index contributed by atoms with van der Waals surface area (Å²) >= 11 is 0.911. The maximum absolute atomic E-state index is 2.34. The third kappa shape index (κ3) is 5.22. The quantitative estimate of drug-likeness (QED) is 0.363. The zero-order valence-electron chi connectivity index (χ0n) is 10.6. The molecule has 0 aliphatic carbocycles. The Morgan fingerprint density at radius 2 is 1.80 bits per heavy atom. The van der Waals surface area contributed by atoms with Crippen molar-refractivity contribution >= 4 is 15.0 Å². The van der Waals surface area contributed by atoms with Gasteiger partial charge in [0.15, 0.2) is 0 Å². The number of allylic oxidation sites excluding steroid dienone is 2. The van der Waals surface area contributed by atoms with Crippen molar-refractivity contribution in [1.82, 2.24) is 0 Å². The van der Waals surface area contributed by atoms with E-state index in [9.17, 15) is 0 Å². The van der Waals surface area contributed by atoms with E-state index >= 15 is 0 Å². The van der Waals surface area contributed by atoms with Gasteiger partial charge in [-0.05, 0) is 0 Å². The minimum absolute atomic E-state index is 0.911. The van der Waals surface area contributed by atoms with Gasteiger partial charge < -0.3 is 0 Å². The summed E-state index contributed by atoms with van der Waals surface area (Å²) in [5, 5.41) is 1.43. The van der Waals surface area contributed by atoms with Gasteiger partial charge in [-0.15, -0.1) is 0 Å². The standard InChI is InChI=1S/C14H26Se/c1-4-5-6-7-8-9-14-10-12(2)13(3)11-15-14/h14H,4-11H2,1-3H3. The molecule has 1 atom stereocenters. The van der Waals surface area contributed by atoms with Crippen molar-refractivity contribution in [2.24, 2.45) is 0 Å². The van der Waals surface area contributed by atoms with Crippen LogP contribution in [0.1, 0.15) is 65.7 Å². The Balaban J connectivity index is 2.08. The molecule has 1 heterocycles. The van der Waals surface area contributed by atoms with Gasteiger partial charge in [-0.3, -0.25) is 0 Å². The van der Waals surface area contributed by atoms with Crippen molar-refractivity contribution in [2.45, 2.75) is 75.9 Å². The Labute approximate surface area is 102 Å². The van der Waals surface area contributed by atoms with E-state index in [0.29, 0.717) is 0 Å². The molecule has 1 unspecified atom stereocenters. The van der Waals surface area contributed by atoms with Crippen LogP contribution in [0.25, 0.3) is 0 Å². The monoisotopic (exact) mass is 274 g/mol. The molecule has 0 bridgehead atoms. The van der Waals surface area contributed by atoms with Crippen molar-refractivity contribution in [2.75, 3.05) is 0 Å². The molecular weight excluding hydrogens is 247 g/mol. The molecule has 15 heavy (non-hydrogen) atoms. The molecule has 0 radical (unpaired) electrons. The van der Waals surface area contributed by atoms with Crippen molar-refractivity contribution in [3.05, 3.63) is 11.1 Å². The van der Waals surface area contributed by atoms with Crippen LogP contribution in [-0.2, 0) is 0 Å². The van der Waals surface area contributed by atoms with Crippen LogP contribution in [0.2, 0.25) is 10.1 Å². The molecule has 0 nitrogen and oxygen atoms in total. The van der Waals surface area contributed by atoms with E-state index in [0.717, 1.165) is 19.8 Å². The molecule has 0 spiro atoms. The first kappa shape index (κ1) is 13.3. The van der Waals surface area contributed by atoms with Gasteiger partial charge in [0.05, 0.1) is 0 Å². The van der Waals surface area contributed by atoms with Crippen LogP contribution in [-0.4, -0.2) is 15.0 Å². The summed E-state index contributed by atoms with van der Waals surface area (Å²) in [6.45, 7) is 6.96. The predicted molar refractivity (Wildman–Crippen MR) is 70.7 cm³/mol. The first-order chi connectivity index (χ1) is 7.24. The van der Waals surface area contributed by atoms with Crippen LogP contribution in [0.3, 0.4) is 0 Å². The normalized spacial score (nSPS) is 22.2. The fourth-order valence-corrected chi connectivity index (χ4v) is 5.11. The summed E-state index contributed by atoms with van der Waals surface area (Å²) < 4.78 is 0. The molecule has 0 N–H and O–H groups in total. The molecule has 0 aromatic carbocycles. The van der Waals surface area contributed by atoms with Gasteiger partial charge in [0.2, 0.25) is 0 Å². The summed E-state index contributed by atoms with van der Waals surface area (Å²) in [7, 11) is 0. The van der Waals surface area contributed by atoms with Crippen molar-refractivity contribution in [3.8, 4) is 0 Å². The van der Waals surface area contributed by atoms with E-state index in [4.69, 9.17) is 0 Å². The number of hydrogen-bond acceptors (Lipinski definition) is 0. The molecular formula is C14H26Se. The molecule has 0 saturated heterocycles. The topological polar surface area (TPSA) is 0 Å². The van der Waals surface area contributed by atoms with Crippen molar-refractivity contribution in [1.29, 1.82) is 0 Å². The fraction of sp³-hybridized carbons (Fsp3) is 0.857. The molecule has 0 fully saturated rings. The molecule has 1 heteroatoms. The van der Waals surface area contributed by atoms with Crippen LogP contribution < -0.4 is 0 Å². The first-order valence-corrected chi connectivity index (χ1v) is 8.71. The van der Waals surface area contributed by atoms with Gasteiger partial charge in [0, 0.05) is 0 Å². The van der Waals surface area contributed by atoms with Crippen LogP contribution in [0.4, 0.5) is 0 Å². The van der Waals surface area contributed by atoms with Gasteiger partial charge in [0.25, 0.3) is 0 Å². The summed E-state index contributed by atoms with van der Waals surface area (Å²) in [6, 6.07) is 0. The third-order valence-corrected chi connectivity index (χ3v) is 6.52. The SMILES string of the molecule is CCCCCCCC1CC(C)=C(C)C[Se]1. The average Bonchev–Trinajstić information content (AvgIpc) is 2.23. The number of rotatable bonds is 6. The minimum atomic E-state index is 0.911. The van der Waals surface area contributed by atoms with E-state index in [1.165, 1.54) is 50.3 Å². The third-order valence-electron chi connectivity index (χ3n) is 3.43. The van der Waals surface area contributed by atoms with Crippen molar-refractivity contribution in [3.63, 3.8) is 0 Å². The average molecular weight is 273 g/mol. The second-order valence-corrected chi connectivity index (χ2v) is 7.60. The Morgan fingerprint density at radius 3 is 2.47 bits per heavy atom. The van der Waals surface area contributed by atoms with E-state index < -0.39 is 0 Å². The van der Waals surface area contributed by atoms with Gasteiger partial charge in [0.1, 0.15) is 0 Å². The van der Waals surface area contributed by atoms with Crippen molar-refractivity contribution < 1.29 is 0 Å². The van der Waals surface area contributed by atoms with Crippen LogP contribution in [0.15, 0.2) is 11.1 Å². The van der Waals surface area contributed by atoms with Crippen LogP contribution in [0.5, 0.6) is 0 Å². The van der Waals surface area contributed by atoms with Gasteiger partial charge in [-0.1, -0.05) is 0 Å². The van der Waals surface area contributed by atoms with Crippen LogP contribution >= 0.6 is 0 Å². The van der Waals surface area contributed by atoms with E-state index in [1.54, 1.807) is 11.1 Å². The Hall–Kier alpha value is 0.259. The number of unbranched alkanes of at least 4 members (excludes halogenated alkanes) is 4. The second-order valence-electron chi connectivity index (χ2n) is 4.90. The van der Waals surface area contributed by atoms with Gasteiger partial charge >= 0.3 is 102 Å².